The van der Waals surface area contributed by atoms with Gasteiger partial charge in [0.2, 0.25) is 0 Å². The highest BCUT2D eigenvalue weighted by atomic mass is 32.1. The van der Waals surface area contributed by atoms with E-state index >= 15 is 19.2 Å². The number of benzene rings is 2. The molecule has 0 spiro atoms. The van der Waals surface area contributed by atoms with Crippen molar-refractivity contribution in [1.82, 2.24) is 19.6 Å². The lowest BCUT2D eigenvalue weighted by Gasteiger charge is -2.34. The van der Waals surface area contributed by atoms with Crippen LogP contribution in [0.3, 0.4) is 0 Å². The van der Waals surface area contributed by atoms with Gasteiger partial charge in [-0.1, -0.05) is 156 Å². The van der Waals surface area contributed by atoms with Crippen LogP contribution in [0, 0.1) is 22.7 Å². The van der Waals surface area contributed by atoms with Crippen LogP contribution in [0.25, 0.3) is 43.8 Å². The molecule has 0 N–H and O–H groups in total. The molecule has 8 amide bonds. The molecule has 86 heavy (non-hydrogen) atoms. The van der Waals surface area contributed by atoms with Crippen molar-refractivity contribution in [2.24, 2.45) is 0 Å². The average molecular weight is 1200 g/mol. The van der Waals surface area contributed by atoms with E-state index in [1.807, 2.05) is 12.1 Å². The second-order valence-corrected chi connectivity index (χ2v) is 25.5. The van der Waals surface area contributed by atoms with Crippen LogP contribution in [-0.4, -0.2) is 93.0 Å². The van der Waals surface area contributed by atoms with Crippen LogP contribution < -0.4 is 0 Å². The van der Waals surface area contributed by atoms with Gasteiger partial charge in [-0.15, -0.1) is 22.7 Å². The zero-order valence-electron chi connectivity index (χ0n) is 51.2. The Bertz CT molecular complexity index is 3310. The molecular weight excluding hydrogens is 1120 g/mol. The zero-order valence-corrected chi connectivity index (χ0v) is 52.8. The van der Waals surface area contributed by atoms with Crippen LogP contribution in [0.4, 0.5) is 0 Å². The van der Waals surface area contributed by atoms with Gasteiger partial charge in [-0.3, -0.25) is 58.0 Å². The molecule has 0 aliphatic carbocycles. The van der Waals surface area contributed by atoms with Gasteiger partial charge in [0.25, 0.3) is 47.3 Å². The summed E-state index contributed by atoms with van der Waals surface area (Å²) in [6, 6.07) is 14.7. The number of hydrogen-bond acceptors (Lipinski definition) is 12. The third-order valence-corrected chi connectivity index (χ3v) is 19.4. The molecule has 8 rings (SSSR count). The summed E-state index contributed by atoms with van der Waals surface area (Å²) >= 11 is 2.52. The lowest BCUT2D eigenvalue weighted by molar-refractivity contribution is -0.142. The molecule has 4 aliphatic heterocycles. The van der Waals surface area contributed by atoms with Crippen LogP contribution in [0.5, 0.6) is 0 Å². The normalized spacial score (nSPS) is 16.4. The first-order valence-electron chi connectivity index (χ1n) is 31.7. The molecule has 0 fully saturated rings. The standard InChI is InChI=1S/C70H82N6O8S2/c1-7-11-15-19-23-27-35-73-63(77)49(45(5)55(43-71)67(73)81)39-47-31-33-57(85-47)51-41-53-60-59-54(66(80)75(69(83)61(51)59)37-29-25-21-17-13-9-3)42-52(62(60)70(84)76(65(53)79)38-30-26-22-18-14-10-4)58-34-32-48(86-58)40-50-46(6)56(44-72)68(82)74(64(50)78)36-28-24-20-16-12-8-2/h31-34,39-42H,7-30,35-38H2,1-6H3/b49-39-,50-40+. The van der Waals surface area contributed by atoms with Gasteiger partial charge in [0, 0.05) is 89.9 Å². The number of unbranched alkanes of at least 4 members (excludes halogenated alkanes) is 20. The number of thiophene rings is 2. The number of carbonyl (C=O) groups is 8. The number of hydrogen-bond donors (Lipinski definition) is 0. The van der Waals surface area contributed by atoms with Crippen molar-refractivity contribution in [3.63, 3.8) is 0 Å². The summed E-state index contributed by atoms with van der Waals surface area (Å²) in [5.74, 6) is -4.39. The number of rotatable bonds is 32. The molecule has 14 nitrogen and oxygen atoms in total. The highest BCUT2D eigenvalue weighted by Gasteiger charge is 2.44. The van der Waals surface area contributed by atoms with Gasteiger partial charge >= 0.3 is 0 Å². The van der Waals surface area contributed by atoms with E-state index in [9.17, 15) is 29.7 Å². The first kappa shape index (κ1) is 64.6. The van der Waals surface area contributed by atoms with Crippen molar-refractivity contribution >= 4 is 92.9 Å². The van der Waals surface area contributed by atoms with E-state index in [2.05, 4.69) is 27.7 Å². The summed E-state index contributed by atoms with van der Waals surface area (Å²) in [5, 5.41) is 20.8. The Hall–Kier alpha value is -7.40. The largest absolute Gasteiger partial charge is 0.274 e. The molecule has 4 aromatic rings. The van der Waals surface area contributed by atoms with Gasteiger partial charge < -0.3 is 0 Å². The van der Waals surface area contributed by atoms with E-state index < -0.39 is 47.3 Å². The predicted octanol–water partition coefficient (Wildman–Crippen LogP) is 16.1. The zero-order chi connectivity index (χ0) is 61.6. The molecule has 0 radical (unpaired) electrons. The highest BCUT2D eigenvalue weighted by molar-refractivity contribution is 7.16. The van der Waals surface area contributed by atoms with Crippen molar-refractivity contribution in [1.29, 1.82) is 10.5 Å². The molecule has 4 aliphatic rings. The molecule has 0 saturated carbocycles. The monoisotopic (exact) mass is 1200 g/mol. The first-order chi connectivity index (χ1) is 41.7. The lowest BCUT2D eigenvalue weighted by Crippen LogP contribution is -2.44. The summed E-state index contributed by atoms with van der Waals surface area (Å²) in [6.07, 6.45) is 25.6. The fourth-order valence-electron chi connectivity index (χ4n) is 12.3. The Labute approximate surface area is 515 Å². The third kappa shape index (κ3) is 13.7. The second-order valence-electron chi connectivity index (χ2n) is 23.3. The fraction of sp³-hybridized carbons (Fsp3) is 0.486. The molecule has 16 heteroatoms. The van der Waals surface area contributed by atoms with E-state index in [-0.39, 0.29) is 92.6 Å². The Morgan fingerprint density at radius 1 is 0.372 bits per heavy atom. The smallest absolute Gasteiger partial charge is 0.271 e. The van der Waals surface area contributed by atoms with Gasteiger partial charge in [-0.05, 0) is 99.2 Å². The fourth-order valence-corrected chi connectivity index (χ4v) is 14.2. The van der Waals surface area contributed by atoms with Crippen molar-refractivity contribution in [2.45, 2.75) is 196 Å². The van der Waals surface area contributed by atoms with Crippen LogP contribution in [-0.2, 0) is 19.2 Å². The van der Waals surface area contributed by atoms with Crippen molar-refractivity contribution in [3.05, 3.63) is 102 Å². The average Bonchev–Trinajstić information content (AvgIpc) is 0.874. The summed E-state index contributed by atoms with van der Waals surface area (Å²) in [6.45, 7) is 12.4. The number of nitrogens with zero attached hydrogens (tertiary/aromatic N) is 6. The molecule has 452 valence electrons. The maximum Gasteiger partial charge on any atom is 0.271 e. The molecule has 0 bridgehead atoms. The minimum Gasteiger partial charge on any atom is -0.274 e. The summed E-state index contributed by atoms with van der Waals surface area (Å²) < 4.78 is 0. The topological polar surface area (TPSA) is 197 Å². The number of amides is 8. The van der Waals surface area contributed by atoms with Crippen molar-refractivity contribution < 1.29 is 38.4 Å². The summed E-state index contributed by atoms with van der Waals surface area (Å²) in [4.78, 5) is 124. The Balaban J connectivity index is 1.27. The van der Waals surface area contributed by atoms with Gasteiger partial charge in [-0.2, -0.15) is 10.5 Å². The van der Waals surface area contributed by atoms with Crippen LogP contribution in [0.1, 0.15) is 247 Å². The number of nitriles is 2. The Morgan fingerprint density at radius 2 is 0.663 bits per heavy atom. The quantitative estimate of drug-likeness (QED) is 0.0258. The second kappa shape index (κ2) is 30.3. The number of imide groups is 4. The molecule has 0 unspecified atom stereocenters. The van der Waals surface area contributed by atoms with E-state index in [1.165, 1.54) is 42.3 Å². The van der Waals surface area contributed by atoms with E-state index in [4.69, 9.17) is 0 Å². The minimum atomic E-state index is -0.609. The summed E-state index contributed by atoms with van der Waals surface area (Å²) in [7, 11) is 0. The molecule has 6 heterocycles. The van der Waals surface area contributed by atoms with E-state index in [0.29, 0.717) is 56.3 Å². The van der Waals surface area contributed by atoms with Gasteiger partial charge in [0.1, 0.15) is 23.3 Å². The molecule has 2 aromatic carbocycles. The highest BCUT2D eigenvalue weighted by Crippen LogP contribution is 2.49. The Morgan fingerprint density at radius 3 is 0.965 bits per heavy atom. The number of carbonyl (C=O) groups excluding carboxylic acids is 8. The van der Waals surface area contributed by atoms with E-state index in [0.717, 1.165) is 128 Å². The maximum absolute atomic E-state index is 15.4. The lowest BCUT2D eigenvalue weighted by atomic mass is 9.80. The van der Waals surface area contributed by atoms with Gasteiger partial charge in [0.05, 0.1) is 11.1 Å². The van der Waals surface area contributed by atoms with Crippen LogP contribution in [0.2, 0.25) is 0 Å². The molecule has 0 atom stereocenters. The molecular formula is C70H82N6O8S2. The van der Waals surface area contributed by atoms with Crippen molar-refractivity contribution in [2.75, 3.05) is 26.2 Å². The first-order valence-corrected chi connectivity index (χ1v) is 33.3. The SMILES string of the molecule is CCCCCCCCN1C(=O)C(C#N)=C(C)/C(=C/c2ccc(-c3cc4c5c(c(-c6ccc(/C=C7/C(=O)N(CCCCCCCC)C(=O)C(C#N)=C7C)s6)cc6c5c3C(=O)N(CCCCCCCC)C6=O)C(=O)N(CCCCCCCC)C4=O)s2)C1=O. The minimum absolute atomic E-state index is 0.0988. The predicted molar refractivity (Wildman–Crippen MR) is 341 cm³/mol. The molecule has 0 saturated heterocycles. The summed E-state index contributed by atoms with van der Waals surface area (Å²) in [5.41, 5.74) is 2.22. The van der Waals surface area contributed by atoms with Gasteiger partial charge in [0.15, 0.2) is 0 Å². The Kier molecular flexibility index (Phi) is 22.8. The third-order valence-electron chi connectivity index (χ3n) is 17.2. The van der Waals surface area contributed by atoms with Crippen LogP contribution in [0.15, 0.2) is 69.8 Å². The molecule has 2 aromatic heterocycles. The van der Waals surface area contributed by atoms with Gasteiger partial charge in [-0.25, -0.2) is 0 Å². The van der Waals surface area contributed by atoms with E-state index in [1.54, 1.807) is 62.4 Å². The van der Waals surface area contributed by atoms with Crippen LogP contribution >= 0.6 is 22.7 Å². The maximum atomic E-state index is 15.4. The van der Waals surface area contributed by atoms with Crippen molar-refractivity contribution in [3.8, 4) is 33.0 Å².